The first-order valence-corrected chi connectivity index (χ1v) is 6.62. The van der Waals surface area contributed by atoms with Crippen LogP contribution in [0.25, 0.3) is 0 Å². The molecular formula is C13H28N2O3. The van der Waals surface area contributed by atoms with Gasteiger partial charge in [0, 0.05) is 52.4 Å². The second kappa shape index (κ2) is 7.40. The lowest BCUT2D eigenvalue weighted by Crippen LogP contribution is -2.55. The van der Waals surface area contributed by atoms with Crippen molar-refractivity contribution in [2.24, 2.45) is 5.73 Å². The van der Waals surface area contributed by atoms with Crippen molar-refractivity contribution in [1.29, 1.82) is 0 Å². The Morgan fingerprint density at radius 1 is 1.28 bits per heavy atom. The molecule has 1 aliphatic carbocycles. The topological polar surface area (TPSA) is 57.0 Å². The van der Waals surface area contributed by atoms with Gasteiger partial charge in [-0.05, 0) is 19.8 Å². The summed E-state index contributed by atoms with van der Waals surface area (Å²) in [5.41, 5.74) is 5.91. The number of methoxy groups -OCH3 is 3. The van der Waals surface area contributed by atoms with Crippen LogP contribution in [0.15, 0.2) is 0 Å². The Kier molecular flexibility index (Phi) is 6.52. The predicted octanol–water partition coefficient (Wildman–Crippen LogP) is 0.824. The lowest BCUT2D eigenvalue weighted by Gasteiger charge is -2.42. The Hall–Kier alpha value is -0.200. The Bertz CT molecular complexity index is 232. The smallest absolute Gasteiger partial charge is 0.158 e. The van der Waals surface area contributed by atoms with Gasteiger partial charge in [0.2, 0.25) is 0 Å². The van der Waals surface area contributed by atoms with Crippen molar-refractivity contribution < 1.29 is 14.2 Å². The van der Waals surface area contributed by atoms with Crippen LogP contribution in [-0.2, 0) is 14.2 Å². The summed E-state index contributed by atoms with van der Waals surface area (Å²) in [6.07, 6.45) is 3.08. The summed E-state index contributed by atoms with van der Waals surface area (Å²) in [5.74, 6) is 0. The molecule has 108 valence electrons. The van der Waals surface area contributed by atoms with Crippen molar-refractivity contribution >= 4 is 0 Å². The molecule has 0 aromatic rings. The van der Waals surface area contributed by atoms with Gasteiger partial charge in [-0.25, -0.2) is 0 Å². The summed E-state index contributed by atoms with van der Waals surface area (Å²) in [7, 11) is 5.07. The van der Waals surface area contributed by atoms with Crippen LogP contribution in [0.3, 0.4) is 0 Å². The molecule has 0 aromatic carbocycles. The summed E-state index contributed by atoms with van der Waals surface area (Å²) < 4.78 is 15.8. The van der Waals surface area contributed by atoms with E-state index >= 15 is 0 Å². The molecule has 0 aliphatic heterocycles. The summed E-state index contributed by atoms with van der Waals surface area (Å²) in [6.45, 7) is 4.42. The third-order valence-corrected chi connectivity index (χ3v) is 3.79. The third-order valence-electron chi connectivity index (χ3n) is 3.79. The molecule has 0 amide bonds. The number of rotatable bonds is 10. The van der Waals surface area contributed by atoms with Crippen LogP contribution in [0.2, 0.25) is 0 Å². The van der Waals surface area contributed by atoms with Crippen LogP contribution in [0, 0.1) is 0 Å². The molecule has 5 heteroatoms. The lowest BCUT2D eigenvalue weighted by atomic mass is 9.94. The second-order valence-corrected chi connectivity index (χ2v) is 5.22. The molecule has 0 spiro atoms. The predicted molar refractivity (Wildman–Crippen MR) is 71.5 cm³/mol. The fraction of sp³-hybridized carbons (Fsp3) is 1.00. The van der Waals surface area contributed by atoms with Crippen LogP contribution in [0.5, 0.6) is 0 Å². The van der Waals surface area contributed by atoms with Crippen molar-refractivity contribution in [1.82, 2.24) is 4.90 Å². The fourth-order valence-electron chi connectivity index (χ4n) is 2.41. The second-order valence-electron chi connectivity index (χ2n) is 5.22. The van der Waals surface area contributed by atoms with Crippen molar-refractivity contribution in [2.45, 2.75) is 44.1 Å². The van der Waals surface area contributed by atoms with E-state index in [4.69, 9.17) is 19.9 Å². The van der Waals surface area contributed by atoms with Gasteiger partial charge in [0.05, 0.1) is 6.61 Å². The molecule has 18 heavy (non-hydrogen) atoms. The first-order chi connectivity index (χ1) is 8.61. The summed E-state index contributed by atoms with van der Waals surface area (Å²) in [4.78, 5) is 2.46. The SMILES string of the molecule is COCCN(C1CC1)C(C)(CN)CC(OC)OC. The molecule has 1 rings (SSSR count). The number of nitrogens with zero attached hydrogens (tertiary/aromatic N) is 1. The van der Waals surface area contributed by atoms with Crippen molar-refractivity contribution in [3.8, 4) is 0 Å². The van der Waals surface area contributed by atoms with Gasteiger partial charge in [-0.3, -0.25) is 4.90 Å². The van der Waals surface area contributed by atoms with Gasteiger partial charge in [-0.15, -0.1) is 0 Å². The van der Waals surface area contributed by atoms with E-state index in [-0.39, 0.29) is 11.8 Å². The molecule has 0 saturated heterocycles. The average molecular weight is 260 g/mol. The minimum Gasteiger partial charge on any atom is -0.383 e. The van der Waals surface area contributed by atoms with E-state index in [1.807, 2.05) is 0 Å². The standard InChI is InChI=1S/C13H28N2O3/c1-13(10-14,9-12(17-3)18-4)15(7-8-16-2)11-5-6-11/h11-12H,5-10,14H2,1-4H3. The Morgan fingerprint density at radius 3 is 2.28 bits per heavy atom. The van der Waals surface area contributed by atoms with Crippen LogP contribution in [0.4, 0.5) is 0 Å². The molecule has 1 saturated carbocycles. The molecule has 5 nitrogen and oxygen atoms in total. The molecule has 0 aromatic heterocycles. The largest absolute Gasteiger partial charge is 0.383 e. The van der Waals surface area contributed by atoms with Gasteiger partial charge in [0.15, 0.2) is 6.29 Å². The zero-order chi connectivity index (χ0) is 13.6. The molecule has 1 atom stereocenters. The number of hydrogen-bond donors (Lipinski definition) is 1. The molecule has 0 bridgehead atoms. The molecular weight excluding hydrogens is 232 g/mol. The summed E-state index contributed by atoms with van der Waals surface area (Å²) in [5, 5.41) is 0. The van der Waals surface area contributed by atoms with E-state index in [1.54, 1.807) is 21.3 Å². The van der Waals surface area contributed by atoms with Gasteiger partial charge in [0.1, 0.15) is 0 Å². The van der Waals surface area contributed by atoms with E-state index in [1.165, 1.54) is 12.8 Å². The highest BCUT2D eigenvalue weighted by Crippen LogP contribution is 2.34. The van der Waals surface area contributed by atoms with Crippen molar-refractivity contribution in [3.05, 3.63) is 0 Å². The Balaban J connectivity index is 2.67. The average Bonchev–Trinajstić information content (AvgIpc) is 3.21. The number of nitrogens with two attached hydrogens (primary N) is 1. The zero-order valence-corrected chi connectivity index (χ0v) is 12.1. The van der Waals surface area contributed by atoms with Crippen molar-refractivity contribution in [3.63, 3.8) is 0 Å². The molecule has 0 heterocycles. The van der Waals surface area contributed by atoms with Crippen LogP contribution >= 0.6 is 0 Å². The van der Waals surface area contributed by atoms with E-state index in [0.29, 0.717) is 12.6 Å². The minimum absolute atomic E-state index is 0.101. The normalized spacial score (nSPS) is 19.5. The van der Waals surface area contributed by atoms with E-state index in [9.17, 15) is 0 Å². The van der Waals surface area contributed by atoms with Gasteiger partial charge in [-0.1, -0.05) is 0 Å². The molecule has 0 radical (unpaired) electrons. The molecule has 2 N–H and O–H groups in total. The maximum absolute atomic E-state index is 6.01. The highest BCUT2D eigenvalue weighted by molar-refractivity contribution is 4.97. The third kappa shape index (κ3) is 4.17. The highest BCUT2D eigenvalue weighted by atomic mass is 16.7. The number of hydrogen-bond acceptors (Lipinski definition) is 5. The molecule has 1 fully saturated rings. The zero-order valence-electron chi connectivity index (χ0n) is 12.1. The first kappa shape index (κ1) is 15.9. The van der Waals surface area contributed by atoms with E-state index in [0.717, 1.165) is 19.6 Å². The monoisotopic (exact) mass is 260 g/mol. The van der Waals surface area contributed by atoms with Gasteiger partial charge < -0.3 is 19.9 Å². The maximum Gasteiger partial charge on any atom is 0.158 e. The van der Waals surface area contributed by atoms with Crippen LogP contribution in [-0.4, -0.2) is 63.8 Å². The quantitative estimate of drug-likeness (QED) is 0.589. The van der Waals surface area contributed by atoms with Crippen LogP contribution in [0.1, 0.15) is 26.2 Å². The maximum atomic E-state index is 6.01. The molecule has 1 aliphatic rings. The lowest BCUT2D eigenvalue weighted by molar-refractivity contribution is -0.130. The minimum atomic E-state index is -0.206. The Labute approximate surface area is 111 Å². The molecule has 1 unspecified atom stereocenters. The van der Waals surface area contributed by atoms with E-state index in [2.05, 4.69) is 11.8 Å². The van der Waals surface area contributed by atoms with Gasteiger partial charge >= 0.3 is 0 Å². The van der Waals surface area contributed by atoms with Crippen molar-refractivity contribution in [2.75, 3.05) is 41.0 Å². The Morgan fingerprint density at radius 2 is 1.89 bits per heavy atom. The fourth-order valence-corrected chi connectivity index (χ4v) is 2.41. The van der Waals surface area contributed by atoms with E-state index < -0.39 is 0 Å². The summed E-state index contributed by atoms with van der Waals surface area (Å²) >= 11 is 0. The van der Waals surface area contributed by atoms with Crippen LogP contribution < -0.4 is 5.73 Å². The number of ether oxygens (including phenoxy) is 3. The highest BCUT2D eigenvalue weighted by Gasteiger charge is 2.41. The van der Waals surface area contributed by atoms with Gasteiger partial charge in [-0.2, -0.15) is 0 Å². The van der Waals surface area contributed by atoms with Gasteiger partial charge in [0.25, 0.3) is 0 Å². The first-order valence-electron chi connectivity index (χ1n) is 6.62. The summed E-state index contributed by atoms with van der Waals surface area (Å²) in [6, 6.07) is 0.642.